The number of amides is 2. The summed E-state index contributed by atoms with van der Waals surface area (Å²) in [6.07, 6.45) is 20.0. The maximum atomic E-state index is 13.2. The van der Waals surface area contributed by atoms with E-state index in [1.165, 1.54) is 26.4 Å². The molecule has 12 nitrogen and oxygen atoms in total. The third kappa shape index (κ3) is 13.9. The number of nitrogens with one attached hydrogen (secondary N) is 1. The number of aliphatic hydroxyl groups is 1. The van der Waals surface area contributed by atoms with Crippen LogP contribution in [0.4, 0.5) is 0 Å². The van der Waals surface area contributed by atoms with Crippen molar-refractivity contribution in [3.63, 3.8) is 0 Å². The minimum Gasteiger partial charge on any atom is -0.480 e. The molecule has 6 N–H and O–H groups in total. The number of carboxylic acid groups (broad SMARTS) is 2. The summed E-state index contributed by atoms with van der Waals surface area (Å²) >= 11 is 1.02. The Morgan fingerprint density at radius 2 is 1.84 bits per heavy atom. The Morgan fingerprint density at radius 3 is 2.50 bits per heavy atom. The number of carbonyl (C=O) groups excluding carboxylic acids is 3. The maximum absolute atomic E-state index is 13.2. The number of methoxy groups -OCH3 is 1. The van der Waals surface area contributed by atoms with Gasteiger partial charge in [0.15, 0.2) is 5.66 Å². The second-order valence-corrected chi connectivity index (χ2v) is 11.5. The van der Waals surface area contributed by atoms with Crippen molar-refractivity contribution in [2.75, 3.05) is 19.4 Å². The number of hydrogen-bond donors (Lipinski definition) is 5. The Balaban J connectivity index is 3.09. The molecule has 2 amide bonds. The molecule has 13 heteroatoms. The molecule has 0 saturated carbocycles. The van der Waals surface area contributed by atoms with E-state index < -0.39 is 59.3 Å². The number of carboxylic acids is 2. The molecule has 1 rings (SSSR count). The van der Waals surface area contributed by atoms with Gasteiger partial charge in [-0.25, -0.2) is 4.79 Å². The van der Waals surface area contributed by atoms with Gasteiger partial charge in [-0.1, -0.05) is 68.4 Å². The fourth-order valence-corrected chi connectivity index (χ4v) is 5.75. The van der Waals surface area contributed by atoms with Crippen LogP contribution in [-0.2, 0) is 28.7 Å². The number of allylic oxidation sites excluding steroid dienone is 7. The number of esters is 1. The van der Waals surface area contributed by atoms with Gasteiger partial charge in [0.2, 0.25) is 5.91 Å². The fourth-order valence-electron chi connectivity index (χ4n) is 4.48. The summed E-state index contributed by atoms with van der Waals surface area (Å²) in [6.45, 7) is 1.39. The summed E-state index contributed by atoms with van der Waals surface area (Å²) in [5.41, 5.74) is 4.24. The number of rotatable bonds is 22. The zero-order valence-electron chi connectivity index (χ0n) is 25.6. The first-order valence-electron chi connectivity index (χ1n) is 14.8. The monoisotopic (exact) mass is 637 g/mol. The molecule has 0 aliphatic carbocycles. The van der Waals surface area contributed by atoms with E-state index in [4.69, 9.17) is 10.8 Å². The number of likely N-dealkylation sites (tertiary alicyclic amines) is 1. The third-order valence-corrected chi connectivity index (χ3v) is 8.35. The number of hydrogen-bond acceptors (Lipinski definition) is 9. The van der Waals surface area contributed by atoms with Crippen LogP contribution in [0.5, 0.6) is 0 Å². The van der Waals surface area contributed by atoms with Gasteiger partial charge in [-0.15, -0.1) is 11.8 Å². The summed E-state index contributed by atoms with van der Waals surface area (Å²) in [4.78, 5) is 61.2. The second kappa shape index (κ2) is 21.3. The van der Waals surface area contributed by atoms with E-state index in [2.05, 4.69) is 29.1 Å². The zero-order valence-corrected chi connectivity index (χ0v) is 26.4. The van der Waals surface area contributed by atoms with Crippen molar-refractivity contribution in [2.24, 2.45) is 5.73 Å². The molecule has 0 bridgehead atoms. The van der Waals surface area contributed by atoms with E-state index in [1.807, 2.05) is 18.2 Å². The first kappa shape index (κ1) is 38.6. The predicted molar refractivity (Wildman–Crippen MR) is 169 cm³/mol. The Hall–Kier alpha value is -3.42. The average Bonchev–Trinajstić information content (AvgIpc) is 3.39. The Kier molecular flexibility index (Phi) is 18.7. The van der Waals surface area contributed by atoms with Gasteiger partial charge in [-0.2, -0.15) is 0 Å². The van der Waals surface area contributed by atoms with E-state index in [0.717, 1.165) is 29.5 Å². The van der Waals surface area contributed by atoms with Gasteiger partial charge in [-0.3, -0.25) is 24.9 Å². The highest BCUT2D eigenvalue weighted by atomic mass is 32.2. The number of nitrogens with two attached hydrogens (primary N) is 1. The summed E-state index contributed by atoms with van der Waals surface area (Å²) in [5.74, 6) is -5.13. The van der Waals surface area contributed by atoms with Crippen molar-refractivity contribution in [1.29, 1.82) is 0 Å². The number of aliphatic hydroxyl groups excluding tert-OH is 1. The van der Waals surface area contributed by atoms with Crippen molar-refractivity contribution < 1.29 is 44.0 Å². The topological polar surface area (TPSA) is 197 Å². The number of carbonyl (C=O) groups is 5. The fraction of sp³-hybridized carbons (Fsp3) is 0.581. The molecule has 246 valence electrons. The zero-order chi connectivity index (χ0) is 33.0. The van der Waals surface area contributed by atoms with E-state index in [9.17, 15) is 34.2 Å². The molecule has 1 aliphatic rings. The number of nitrogens with zero attached hydrogens (tertiary/aromatic N) is 1. The number of ether oxygens (including phenoxy) is 1. The highest BCUT2D eigenvalue weighted by molar-refractivity contribution is 8.00. The van der Waals surface area contributed by atoms with Crippen LogP contribution in [-0.4, -0.2) is 92.4 Å². The molecular formula is C31H47N3O9S. The van der Waals surface area contributed by atoms with E-state index in [1.54, 1.807) is 18.2 Å². The SMILES string of the molecule is CCCCC/C=C\C\C=C/C=C\C=C/[C@H](SC[C@](N)(C(=O)NCC(=O)O)N1C(=O)CC[C@H]1C(=O)O)[C@@H](O)CCCC(=O)OC. The van der Waals surface area contributed by atoms with Crippen molar-refractivity contribution in [2.45, 2.75) is 94.2 Å². The lowest BCUT2D eigenvalue weighted by Gasteiger charge is -2.39. The highest BCUT2D eigenvalue weighted by Crippen LogP contribution is 2.31. The van der Waals surface area contributed by atoms with Gasteiger partial charge in [0.25, 0.3) is 5.91 Å². The van der Waals surface area contributed by atoms with Crippen LogP contribution in [0.25, 0.3) is 0 Å². The molecule has 0 aromatic carbocycles. The van der Waals surface area contributed by atoms with Crippen LogP contribution in [0.1, 0.15) is 71.1 Å². The molecular weight excluding hydrogens is 590 g/mol. The molecule has 44 heavy (non-hydrogen) atoms. The molecule has 0 radical (unpaired) electrons. The highest BCUT2D eigenvalue weighted by Gasteiger charge is 2.51. The molecule has 0 unspecified atom stereocenters. The minimum absolute atomic E-state index is 0.0591. The van der Waals surface area contributed by atoms with E-state index >= 15 is 0 Å². The standard InChI is InChI=1S/C31H47N3O9S/c1-3-4-5-6-7-8-9-10-11-12-13-14-17-25(24(35)16-15-18-28(39)43-2)44-22-31(32,30(42)33-21-27(37)38)34-23(29(40)41)19-20-26(34)36/h7-8,10-14,17,23-25,35H,3-6,9,15-16,18-22,32H2,1-2H3,(H,33,42)(H,37,38)(H,40,41)/b8-7-,11-10-,13-12-,17-14-/t23-,24-,25-,31+/m0/s1. The van der Waals surface area contributed by atoms with Crippen molar-refractivity contribution >= 4 is 41.5 Å². The molecule has 1 fully saturated rings. The average molecular weight is 638 g/mol. The van der Waals surface area contributed by atoms with Crippen LogP contribution >= 0.6 is 11.8 Å². The summed E-state index contributed by atoms with van der Waals surface area (Å²) in [7, 11) is 1.27. The molecule has 4 atom stereocenters. The maximum Gasteiger partial charge on any atom is 0.326 e. The van der Waals surface area contributed by atoms with Gasteiger partial charge in [0.1, 0.15) is 12.6 Å². The normalized spacial score (nSPS) is 18.3. The first-order valence-corrected chi connectivity index (χ1v) is 15.9. The Bertz CT molecular complexity index is 1080. The smallest absolute Gasteiger partial charge is 0.326 e. The molecule has 1 aliphatic heterocycles. The number of aliphatic carboxylic acids is 2. The molecule has 0 aromatic heterocycles. The van der Waals surface area contributed by atoms with Crippen LogP contribution < -0.4 is 11.1 Å². The molecule has 0 aromatic rings. The number of thioether (sulfide) groups is 1. The van der Waals surface area contributed by atoms with Gasteiger partial charge in [0, 0.05) is 23.8 Å². The predicted octanol–water partition coefficient (Wildman–Crippen LogP) is 2.92. The van der Waals surface area contributed by atoms with Crippen molar-refractivity contribution in [1.82, 2.24) is 10.2 Å². The molecule has 0 spiro atoms. The van der Waals surface area contributed by atoms with Crippen LogP contribution in [0.2, 0.25) is 0 Å². The van der Waals surface area contributed by atoms with E-state index in [-0.39, 0.29) is 31.4 Å². The quantitative estimate of drug-likeness (QED) is 0.0507. The summed E-state index contributed by atoms with van der Waals surface area (Å²) in [5, 5.41) is 31.2. The van der Waals surface area contributed by atoms with Crippen LogP contribution in [0.3, 0.4) is 0 Å². The largest absolute Gasteiger partial charge is 0.480 e. The summed E-state index contributed by atoms with van der Waals surface area (Å²) < 4.78 is 4.65. The molecule has 1 saturated heterocycles. The lowest BCUT2D eigenvalue weighted by atomic mass is 10.1. The summed E-state index contributed by atoms with van der Waals surface area (Å²) in [6, 6.07) is -1.37. The van der Waals surface area contributed by atoms with Crippen molar-refractivity contribution in [3.8, 4) is 0 Å². The minimum atomic E-state index is -2.21. The lowest BCUT2D eigenvalue weighted by molar-refractivity contribution is -0.155. The van der Waals surface area contributed by atoms with E-state index in [0.29, 0.717) is 6.42 Å². The van der Waals surface area contributed by atoms with Gasteiger partial charge < -0.3 is 30.3 Å². The van der Waals surface area contributed by atoms with Crippen LogP contribution in [0, 0.1) is 0 Å². The lowest BCUT2D eigenvalue weighted by Crippen LogP contribution is -2.70. The van der Waals surface area contributed by atoms with Gasteiger partial charge in [-0.05, 0) is 38.5 Å². The van der Waals surface area contributed by atoms with Gasteiger partial charge in [0.05, 0.1) is 13.2 Å². The first-order chi connectivity index (χ1) is 21.0. The van der Waals surface area contributed by atoms with Crippen molar-refractivity contribution in [3.05, 3.63) is 48.6 Å². The van der Waals surface area contributed by atoms with Crippen LogP contribution in [0.15, 0.2) is 48.6 Å². The second-order valence-electron chi connectivity index (χ2n) is 10.4. The van der Waals surface area contributed by atoms with Gasteiger partial charge >= 0.3 is 17.9 Å². The molecule has 1 heterocycles. The number of unbranched alkanes of at least 4 members (excludes halogenated alkanes) is 3. The third-order valence-electron chi connectivity index (χ3n) is 6.89. The Morgan fingerprint density at radius 1 is 1.11 bits per heavy atom. The Labute approximate surface area is 263 Å².